The number of carbonyl (C=O) groups excluding carboxylic acids is 2. The molecule has 2 aromatic rings. The van der Waals surface area contributed by atoms with Crippen LogP contribution in [0.1, 0.15) is 31.4 Å². The molecule has 0 heterocycles. The molecule has 180 valence electrons. The van der Waals surface area contributed by atoms with Crippen LogP contribution in [-0.4, -0.2) is 62.7 Å². The summed E-state index contributed by atoms with van der Waals surface area (Å²) in [4.78, 5) is 27.8. The first kappa shape index (κ1) is 26.3. The van der Waals surface area contributed by atoms with E-state index in [1.54, 1.807) is 30.3 Å². The van der Waals surface area contributed by atoms with Crippen molar-refractivity contribution in [3.63, 3.8) is 0 Å². The minimum atomic E-state index is -3.94. The van der Waals surface area contributed by atoms with Crippen LogP contribution in [0.2, 0.25) is 0 Å². The summed E-state index contributed by atoms with van der Waals surface area (Å²) in [7, 11) is -1.10. The quantitative estimate of drug-likeness (QED) is 0.542. The minimum Gasteiger partial charge on any atom is -0.355 e. The molecule has 8 nitrogen and oxygen atoms in total. The highest BCUT2D eigenvalue weighted by molar-refractivity contribution is 7.90. The Morgan fingerprint density at radius 2 is 1.58 bits per heavy atom. The number of aryl methyl sites for hydroxylation is 1. The number of carbonyl (C=O) groups is 2. The van der Waals surface area contributed by atoms with Crippen LogP contribution in [0, 0.1) is 6.92 Å². The summed E-state index contributed by atoms with van der Waals surface area (Å²) in [5.41, 5.74) is 2.32. The molecule has 0 aliphatic carbocycles. The smallest absolute Gasteiger partial charge is 0.304 e. The third-order valence-electron chi connectivity index (χ3n) is 5.27. The fourth-order valence-electron chi connectivity index (χ4n) is 3.41. The molecule has 0 aromatic heterocycles. The average molecular weight is 475 g/mol. The van der Waals surface area contributed by atoms with Crippen LogP contribution in [-0.2, 0) is 26.3 Å². The predicted molar refractivity (Wildman–Crippen MR) is 131 cm³/mol. The summed E-state index contributed by atoms with van der Waals surface area (Å²) in [5, 5.41) is 2.79. The molecule has 0 aliphatic heterocycles. The van der Waals surface area contributed by atoms with Crippen molar-refractivity contribution < 1.29 is 18.0 Å². The molecule has 1 N–H and O–H groups in total. The number of benzene rings is 2. The molecule has 0 radical (unpaired) electrons. The molecule has 2 rings (SSSR count). The van der Waals surface area contributed by atoms with E-state index >= 15 is 0 Å². The SMILES string of the molecule is CCNC(=O)[C@@H](CC)N(Cc1ccc(C)cc1)C(=O)CN(c1ccccc1)S(=O)(=O)N(C)C. The second-order valence-corrected chi connectivity index (χ2v) is 10.0. The fraction of sp³-hybridized carbons (Fsp3) is 0.417. The van der Waals surface area contributed by atoms with Crippen LogP contribution >= 0.6 is 0 Å². The van der Waals surface area contributed by atoms with Crippen molar-refractivity contribution in [3.05, 3.63) is 65.7 Å². The Balaban J connectivity index is 2.45. The van der Waals surface area contributed by atoms with Crippen molar-refractivity contribution in [2.24, 2.45) is 0 Å². The lowest BCUT2D eigenvalue weighted by Crippen LogP contribution is -2.53. The summed E-state index contributed by atoms with van der Waals surface area (Å²) in [6, 6.07) is 15.5. The number of likely N-dealkylation sites (N-methyl/N-ethyl adjacent to an activating group) is 1. The topological polar surface area (TPSA) is 90.0 Å². The van der Waals surface area contributed by atoms with Gasteiger partial charge in [-0.1, -0.05) is 55.0 Å². The van der Waals surface area contributed by atoms with E-state index in [4.69, 9.17) is 0 Å². The number of anilines is 1. The first-order valence-electron chi connectivity index (χ1n) is 11.0. The molecule has 0 bridgehead atoms. The van der Waals surface area contributed by atoms with Crippen molar-refractivity contribution in [2.45, 2.75) is 39.8 Å². The van der Waals surface area contributed by atoms with Gasteiger partial charge in [-0.15, -0.1) is 0 Å². The standard InChI is InChI=1S/C24H34N4O4S/c1-6-22(24(30)25-7-2)27(17-20-15-13-19(3)14-16-20)23(29)18-28(33(31,32)26(4)5)21-11-9-8-10-12-21/h8-16,22H,6-7,17-18H2,1-5H3,(H,25,30)/t22-/m1/s1. The third kappa shape index (κ3) is 6.79. The van der Waals surface area contributed by atoms with E-state index in [-0.39, 0.29) is 12.5 Å². The van der Waals surface area contributed by atoms with Crippen molar-refractivity contribution in [1.29, 1.82) is 0 Å². The van der Waals surface area contributed by atoms with E-state index in [0.29, 0.717) is 18.7 Å². The second kappa shape index (κ2) is 11.8. The molecular weight excluding hydrogens is 440 g/mol. The Kier molecular flexibility index (Phi) is 9.43. The monoisotopic (exact) mass is 474 g/mol. The molecule has 0 saturated heterocycles. The molecule has 0 spiro atoms. The summed E-state index contributed by atoms with van der Waals surface area (Å²) in [6.45, 7) is 5.83. The zero-order chi connectivity index (χ0) is 24.6. The van der Waals surface area contributed by atoms with Crippen molar-refractivity contribution in [2.75, 3.05) is 31.5 Å². The number of para-hydroxylation sites is 1. The number of hydrogen-bond acceptors (Lipinski definition) is 4. The zero-order valence-electron chi connectivity index (χ0n) is 20.0. The molecule has 33 heavy (non-hydrogen) atoms. The molecule has 0 unspecified atom stereocenters. The predicted octanol–water partition coefficient (Wildman–Crippen LogP) is 2.55. The Bertz CT molecular complexity index is 1020. The minimum absolute atomic E-state index is 0.194. The maximum atomic E-state index is 13.6. The van der Waals surface area contributed by atoms with E-state index in [1.165, 1.54) is 19.0 Å². The van der Waals surface area contributed by atoms with Crippen LogP contribution in [0.15, 0.2) is 54.6 Å². The third-order valence-corrected chi connectivity index (χ3v) is 7.09. The Morgan fingerprint density at radius 3 is 2.09 bits per heavy atom. The lowest BCUT2D eigenvalue weighted by Gasteiger charge is -2.33. The van der Waals surface area contributed by atoms with E-state index in [1.807, 2.05) is 45.0 Å². The van der Waals surface area contributed by atoms with Crippen LogP contribution in [0.5, 0.6) is 0 Å². The van der Waals surface area contributed by atoms with Gasteiger partial charge in [-0.3, -0.25) is 9.59 Å². The molecular formula is C24H34N4O4S. The maximum Gasteiger partial charge on any atom is 0.304 e. The van der Waals surface area contributed by atoms with E-state index < -0.39 is 28.7 Å². The highest BCUT2D eigenvalue weighted by atomic mass is 32.2. The molecule has 2 aromatic carbocycles. The number of amides is 2. The Labute approximate surface area is 197 Å². The van der Waals surface area contributed by atoms with Crippen molar-refractivity contribution >= 4 is 27.7 Å². The summed E-state index contributed by atoms with van der Waals surface area (Å²) in [6.07, 6.45) is 0.398. The van der Waals surface area contributed by atoms with Crippen molar-refractivity contribution in [1.82, 2.24) is 14.5 Å². The number of nitrogens with zero attached hydrogens (tertiary/aromatic N) is 3. The first-order chi connectivity index (χ1) is 15.6. The molecule has 2 amide bonds. The first-order valence-corrected chi connectivity index (χ1v) is 12.4. The van der Waals surface area contributed by atoms with E-state index in [0.717, 1.165) is 19.7 Å². The largest absolute Gasteiger partial charge is 0.355 e. The molecule has 0 saturated carbocycles. The van der Waals surface area contributed by atoms with Gasteiger partial charge >= 0.3 is 10.2 Å². The lowest BCUT2D eigenvalue weighted by molar-refractivity contribution is -0.140. The Hall–Kier alpha value is -2.91. The molecule has 0 fully saturated rings. The van der Waals surface area contributed by atoms with Gasteiger partial charge in [0.25, 0.3) is 0 Å². The summed E-state index contributed by atoms with van der Waals surface area (Å²) < 4.78 is 28.3. The lowest BCUT2D eigenvalue weighted by atomic mass is 10.1. The maximum absolute atomic E-state index is 13.6. The summed E-state index contributed by atoms with van der Waals surface area (Å²) >= 11 is 0. The normalized spacial score (nSPS) is 12.3. The van der Waals surface area contributed by atoms with Gasteiger partial charge in [-0.25, -0.2) is 4.31 Å². The van der Waals surface area contributed by atoms with Gasteiger partial charge in [-0.2, -0.15) is 12.7 Å². The fourth-order valence-corrected chi connectivity index (χ4v) is 4.47. The van der Waals surface area contributed by atoms with Gasteiger partial charge < -0.3 is 10.2 Å². The van der Waals surface area contributed by atoms with Crippen LogP contribution < -0.4 is 9.62 Å². The van der Waals surface area contributed by atoms with Crippen molar-refractivity contribution in [3.8, 4) is 0 Å². The highest BCUT2D eigenvalue weighted by Gasteiger charge is 2.33. The molecule has 0 aliphatic rings. The van der Waals surface area contributed by atoms with Gasteiger partial charge in [0.2, 0.25) is 11.8 Å². The van der Waals surface area contributed by atoms with Crippen LogP contribution in [0.3, 0.4) is 0 Å². The van der Waals surface area contributed by atoms with Crippen LogP contribution in [0.4, 0.5) is 5.69 Å². The highest BCUT2D eigenvalue weighted by Crippen LogP contribution is 2.21. The number of hydrogen-bond donors (Lipinski definition) is 1. The zero-order valence-corrected chi connectivity index (χ0v) is 20.8. The van der Waals surface area contributed by atoms with E-state index in [2.05, 4.69) is 5.32 Å². The van der Waals surface area contributed by atoms with Crippen LogP contribution in [0.25, 0.3) is 0 Å². The molecule has 9 heteroatoms. The Morgan fingerprint density at radius 1 is 0.970 bits per heavy atom. The van der Waals surface area contributed by atoms with Gasteiger partial charge in [0.1, 0.15) is 12.6 Å². The average Bonchev–Trinajstić information content (AvgIpc) is 2.79. The van der Waals surface area contributed by atoms with Gasteiger partial charge in [0.15, 0.2) is 0 Å². The number of rotatable bonds is 11. The second-order valence-electron chi connectivity index (χ2n) is 7.96. The van der Waals surface area contributed by atoms with Gasteiger partial charge in [0, 0.05) is 27.2 Å². The van der Waals surface area contributed by atoms with E-state index in [9.17, 15) is 18.0 Å². The molecule has 1 atom stereocenters. The van der Waals surface area contributed by atoms with Gasteiger partial charge in [-0.05, 0) is 38.0 Å². The number of nitrogens with one attached hydrogen (secondary N) is 1. The van der Waals surface area contributed by atoms with Gasteiger partial charge in [0.05, 0.1) is 5.69 Å². The summed E-state index contributed by atoms with van der Waals surface area (Å²) in [5.74, 6) is -0.717.